The first-order chi connectivity index (χ1) is 12.4. The van der Waals surface area contributed by atoms with Crippen LogP contribution in [0.4, 0.5) is 0 Å². The molecule has 0 aliphatic rings. The van der Waals surface area contributed by atoms with Gasteiger partial charge in [-0.1, -0.05) is 26.0 Å². The maximum atomic E-state index is 11.9. The van der Waals surface area contributed by atoms with Crippen molar-refractivity contribution in [2.24, 2.45) is 0 Å². The van der Waals surface area contributed by atoms with E-state index in [-0.39, 0.29) is 12.4 Å². The zero-order valence-corrected chi connectivity index (χ0v) is 15.5. The van der Waals surface area contributed by atoms with Crippen LogP contribution < -0.4 is 10.4 Å². The van der Waals surface area contributed by atoms with E-state index in [0.29, 0.717) is 22.8 Å². The standard InChI is InChI=1S/C22H22O4/c1-13(2)18-11-19-16(10-22(24)26-21(19)9-14(18)3)12-25-20-8-6-5-7-17(20)15(4)23/h5-11,13H,12H2,1-4H3. The Balaban J connectivity index is 2.04. The van der Waals surface area contributed by atoms with Crippen molar-refractivity contribution in [2.75, 3.05) is 0 Å². The molecule has 1 heterocycles. The van der Waals surface area contributed by atoms with Gasteiger partial charge in [-0.2, -0.15) is 0 Å². The lowest BCUT2D eigenvalue weighted by atomic mass is 9.95. The second kappa shape index (κ2) is 7.16. The van der Waals surface area contributed by atoms with Gasteiger partial charge in [-0.25, -0.2) is 4.79 Å². The fourth-order valence-electron chi connectivity index (χ4n) is 3.17. The Labute approximate surface area is 152 Å². The summed E-state index contributed by atoms with van der Waals surface area (Å²) in [5.41, 5.74) is 3.72. The topological polar surface area (TPSA) is 56.5 Å². The molecule has 0 saturated carbocycles. The zero-order chi connectivity index (χ0) is 18.8. The fourth-order valence-corrected chi connectivity index (χ4v) is 3.17. The molecule has 3 aromatic rings. The molecule has 0 bridgehead atoms. The summed E-state index contributed by atoms with van der Waals surface area (Å²) in [6, 6.07) is 12.5. The van der Waals surface area contributed by atoms with Crippen molar-refractivity contribution in [3.63, 3.8) is 0 Å². The second-order valence-electron chi connectivity index (χ2n) is 6.79. The summed E-state index contributed by atoms with van der Waals surface area (Å²) in [6.07, 6.45) is 0. The van der Waals surface area contributed by atoms with Crippen molar-refractivity contribution in [3.8, 4) is 5.75 Å². The highest BCUT2D eigenvalue weighted by Gasteiger charge is 2.13. The van der Waals surface area contributed by atoms with Crippen LogP contribution in [-0.2, 0) is 6.61 Å². The number of Topliss-reactive ketones (excluding diaryl/α,β-unsaturated/α-hetero) is 1. The van der Waals surface area contributed by atoms with Gasteiger partial charge in [0.25, 0.3) is 0 Å². The van der Waals surface area contributed by atoms with Crippen LogP contribution in [0, 0.1) is 6.92 Å². The average molecular weight is 350 g/mol. The zero-order valence-electron chi connectivity index (χ0n) is 15.5. The summed E-state index contributed by atoms with van der Waals surface area (Å²) in [5.74, 6) is 0.812. The van der Waals surface area contributed by atoms with E-state index < -0.39 is 5.63 Å². The highest BCUT2D eigenvalue weighted by molar-refractivity contribution is 5.96. The molecule has 26 heavy (non-hydrogen) atoms. The van der Waals surface area contributed by atoms with Crippen LogP contribution in [0.1, 0.15) is 53.7 Å². The molecule has 0 N–H and O–H groups in total. The maximum absolute atomic E-state index is 11.9. The first kappa shape index (κ1) is 17.9. The number of hydrogen-bond donors (Lipinski definition) is 0. The normalized spacial score (nSPS) is 11.1. The van der Waals surface area contributed by atoms with E-state index in [1.54, 1.807) is 18.2 Å². The number of ether oxygens (including phenoxy) is 1. The number of ketones is 1. The molecule has 0 amide bonds. The van der Waals surface area contributed by atoms with Crippen molar-refractivity contribution in [1.29, 1.82) is 0 Å². The van der Waals surface area contributed by atoms with Gasteiger partial charge < -0.3 is 9.15 Å². The molecular formula is C22H22O4. The summed E-state index contributed by atoms with van der Waals surface area (Å²) in [5, 5.41) is 0.860. The Morgan fingerprint density at radius 2 is 1.88 bits per heavy atom. The van der Waals surface area contributed by atoms with Crippen LogP contribution >= 0.6 is 0 Å². The van der Waals surface area contributed by atoms with E-state index in [1.165, 1.54) is 18.6 Å². The first-order valence-electron chi connectivity index (χ1n) is 8.67. The molecule has 0 spiro atoms. The van der Waals surface area contributed by atoms with Crippen molar-refractivity contribution in [2.45, 2.75) is 40.2 Å². The SMILES string of the molecule is CC(=O)c1ccccc1OCc1cc(=O)oc2cc(C)c(C(C)C)cc12. The molecule has 1 aromatic heterocycles. The molecule has 0 aliphatic carbocycles. The quantitative estimate of drug-likeness (QED) is 0.479. The molecule has 4 nitrogen and oxygen atoms in total. The summed E-state index contributed by atoms with van der Waals surface area (Å²) in [4.78, 5) is 23.7. The molecule has 0 aliphatic heterocycles. The summed E-state index contributed by atoms with van der Waals surface area (Å²) in [6.45, 7) is 7.97. The molecule has 4 heteroatoms. The van der Waals surface area contributed by atoms with Gasteiger partial charge in [0, 0.05) is 17.0 Å². The minimum Gasteiger partial charge on any atom is -0.488 e. The second-order valence-corrected chi connectivity index (χ2v) is 6.79. The number of para-hydroxylation sites is 1. The van der Waals surface area contributed by atoms with E-state index in [1.807, 2.05) is 19.1 Å². The lowest BCUT2D eigenvalue weighted by Gasteiger charge is -2.14. The van der Waals surface area contributed by atoms with Crippen molar-refractivity contribution in [1.82, 2.24) is 0 Å². The molecule has 2 aromatic carbocycles. The Bertz CT molecular complexity index is 1030. The van der Waals surface area contributed by atoms with Crippen molar-refractivity contribution in [3.05, 3.63) is 75.1 Å². The van der Waals surface area contributed by atoms with Crippen molar-refractivity contribution >= 4 is 16.8 Å². The number of hydrogen-bond acceptors (Lipinski definition) is 4. The molecule has 0 saturated heterocycles. The van der Waals surface area contributed by atoms with Gasteiger partial charge in [-0.3, -0.25) is 4.79 Å². The summed E-state index contributed by atoms with van der Waals surface area (Å²) >= 11 is 0. The van der Waals surface area contributed by atoms with Gasteiger partial charge in [0.2, 0.25) is 0 Å². The Morgan fingerprint density at radius 1 is 1.15 bits per heavy atom. The predicted molar refractivity (Wildman–Crippen MR) is 102 cm³/mol. The average Bonchev–Trinajstić information content (AvgIpc) is 2.58. The van der Waals surface area contributed by atoms with Gasteiger partial charge in [0.05, 0.1) is 5.56 Å². The molecular weight excluding hydrogens is 328 g/mol. The number of carbonyl (C=O) groups excluding carboxylic acids is 1. The van der Waals surface area contributed by atoms with Gasteiger partial charge in [0.1, 0.15) is 17.9 Å². The Morgan fingerprint density at radius 3 is 2.58 bits per heavy atom. The van der Waals surface area contributed by atoms with Crippen LogP contribution in [-0.4, -0.2) is 5.78 Å². The highest BCUT2D eigenvalue weighted by Crippen LogP contribution is 2.28. The molecule has 0 radical (unpaired) electrons. The van der Waals surface area contributed by atoms with Crippen LogP contribution in [0.3, 0.4) is 0 Å². The van der Waals surface area contributed by atoms with E-state index in [4.69, 9.17) is 9.15 Å². The molecule has 134 valence electrons. The van der Waals surface area contributed by atoms with Gasteiger partial charge in [-0.15, -0.1) is 0 Å². The van der Waals surface area contributed by atoms with E-state index in [0.717, 1.165) is 16.5 Å². The third kappa shape index (κ3) is 3.54. The largest absolute Gasteiger partial charge is 0.488 e. The minimum absolute atomic E-state index is 0.0595. The van der Waals surface area contributed by atoms with E-state index in [9.17, 15) is 9.59 Å². The molecule has 3 rings (SSSR count). The monoisotopic (exact) mass is 350 g/mol. The van der Waals surface area contributed by atoms with Gasteiger partial charge in [-0.05, 0) is 55.2 Å². The highest BCUT2D eigenvalue weighted by atomic mass is 16.5. The lowest BCUT2D eigenvalue weighted by Crippen LogP contribution is -2.06. The third-order valence-electron chi connectivity index (χ3n) is 4.49. The predicted octanol–water partition coefficient (Wildman–Crippen LogP) is 5.01. The Hall–Kier alpha value is -2.88. The fraction of sp³-hybridized carbons (Fsp3) is 0.273. The van der Waals surface area contributed by atoms with Crippen molar-refractivity contribution < 1.29 is 13.9 Å². The van der Waals surface area contributed by atoms with Crippen LogP contribution in [0.15, 0.2) is 51.7 Å². The van der Waals surface area contributed by atoms with E-state index in [2.05, 4.69) is 19.9 Å². The van der Waals surface area contributed by atoms with Gasteiger partial charge in [0.15, 0.2) is 5.78 Å². The van der Waals surface area contributed by atoms with Gasteiger partial charge >= 0.3 is 5.63 Å². The van der Waals surface area contributed by atoms with E-state index >= 15 is 0 Å². The Kier molecular flexibility index (Phi) is 4.94. The lowest BCUT2D eigenvalue weighted by molar-refractivity contribution is 0.101. The summed E-state index contributed by atoms with van der Waals surface area (Å²) in [7, 11) is 0. The van der Waals surface area contributed by atoms with Crippen LogP contribution in [0.2, 0.25) is 0 Å². The number of fused-ring (bicyclic) bond motifs is 1. The number of aryl methyl sites for hydroxylation is 1. The number of carbonyl (C=O) groups is 1. The smallest absolute Gasteiger partial charge is 0.336 e. The minimum atomic E-state index is -0.410. The third-order valence-corrected chi connectivity index (χ3v) is 4.49. The summed E-state index contributed by atoms with van der Waals surface area (Å²) < 4.78 is 11.2. The number of rotatable bonds is 5. The maximum Gasteiger partial charge on any atom is 0.336 e. The first-order valence-corrected chi connectivity index (χ1v) is 8.67. The molecule has 0 unspecified atom stereocenters. The molecule has 0 atom stereocenters. The number of benzene rings is 2. The van der Waals surface area contributed by atoms with Crippen LogP contribution in [0.5, 0.6) is 5.75 Å². The molecule has 0 fully saturated rings. The van der Waals surface area contributed by atoms with Crippen LogP contribution in [0.25, 0.3) is 11.0 Å².